The first-order valence-corrected chi connectivity index (χ1v) is 12.5. The molecule has 1 radical (unpaired) electrons. The molecular formula is C22H25F2N6O4S. The molecular weight excluding hydrogens is 482 g/mol. The molecule has 0 bridgehead atoms. The first-order chi connectivity index (χ1) is 16.6. The van der Waals surface area contributed by atoms with E-state index in [0.29, 0.717) is 25.9 Å². The fraction of sp³-hybridized carbons (Fsp3) is 0.364. The number of rotatable bonds is 5. The van der Waals surface area contributed by atoms with Gasteiger partial charge >= 0.3 is 0 Å². The highest BCUT2D eigenvalue weighted by Gasteiger charge is 2.26. The zero-order chi connectivity index (χ0) is 25.2. The van der Waals surface area contributed by atoms with Crippen molar-refractivity contribution in [2.75, 3.05) is 36.4 Å². The number of halogens is 2. The Morgan fingerprint density at radius 3 is 2.57 bits per heavy atom. The molecule has 2 aliphatic rings. The standard InChI is InChI=1S/C22H25F2N6O4S/c23-19-15(21(32)29-16-12-14(35(25,33)34)2-5-18(16)31)3-4-17(20(19)24)30-10-6-13(7-11-30)28-22-26-8-1-9-27-22/h2-5,12-13,25,31H,1,6-11H2,(H,29,32)(H2,26,27,28). The maximum atomic E-state index is 14.9. The Balaban J connectivity index is 1.45. The quantitative estimate of drug-likeness (QED) is 0.451. The van der Waals surface area contributed by atoms with Gasteiger partial charge < -0.3 is 26.0 Å². The van der Waals surface area contributed by atoms with E-state index in [0.717, 1.165) is 49.7 Å². The zero-order valence-corrected chi connectivity index (χ0v) is 19.5. The van der Waals surface area contributed by atoms with Gasteiger partial charge in [-0.15, -0.1) is 5.14 Å². The topological polar surface area (TPSA) is 147 Å². The zero-order valence-electron chi connectivity index (χ0n) is 18.6. The minimum absolute atomic E-state index is 0.0378. The van der Waals surface area contributed by atoms with Crippen LogP contribution in [0.5, 0.6) is 5.75 Å². The summed E-state index contributed by atoms with van der Waals surface area (Å²) in [7, 11) is -4.35. The monoisotopic (exact) mass is 507 g/mol. The van der Waals surface area contributed by atoms with Crippen LogP contribution in [0.4, 0.5) is 20.2 Å². The normalized spacial score (nSPS) is 16.9. The molecule has 0 atom stereocenters. The van der Waals surface area contributed by atoms with E-state index in [-0.39, 0.29) is 17.4 Å². The third kappa shape index (κ3) is 5.62. The summed E-state index contributed by atoms with van der Waals surface area (Å²) in [5, 5.41) is 25.7. The lowest BCUT2D eigenvalue weighted by Crippen LogP contribution is -2.50. The Morgan fingerprint density at radius 1 is 1.17 bits per heavy atom. The van der Waals surface area contributed by atoms with E-state index < -0.39 is 43.8 Å². The predicted molar refractivity (Wildman–Crippen MR) is 126 cm³/mol. The molecule has 35 heavy (non-hydrogen) atoms. The minimum atomic E-state index is -4.35. The Hall–Kier alpha value is -3.45. The van der Waals surface area contributed by atoms with Crippen LogP contribution in [0, 0.1) is 11.6 Å². The van der Waals surface area contributed by atoms with Crippen LogP contribution in [0.15, 0.2) is 40.2 Å². The number of carbonyl (C=O) groups is 1. The Kier molecular flexibility index (Phi) is 7.08. The molecule has 13 heteroatoms. The number of nitrogens with one attached hydrogen (secondary N) is 4. The highest BCUT2D eigenvalue weighted by molar-refractivity contribution is 7.88. The molecule has 5 N–H and O–H groups in total. The van der Waals surface area contributed by atoms with Gasteiger partial charge in [0.15, 0.2) is 17.6 Å². The largest absolute Gasteiger partial charge is 0.506 e. The van der Waals surface area contributed by atoms with Crippen molar-refractivity contribution in [2.24, 2.45) is 4.99 Å². The summed E-state index contributed by atoms with van der Waals surface area (Å²) in [5.41, 5.74) is -0.919. The van der Waals surface area contributed by atoms with Crippen molar-refractivity contribution in [1.29, 1.82) is 0 Å². The van der Waals surface area contributed by atoms with Crippen molar-refractivity contribution in [3.05, 3.63) is 47.5 Å². The van der Waals surface area contributed by atoms with Crippen LogP contribution in [0.1, 0.15) is 29.6 Å². The number of anilines is 2. The number of benzene rings is 2. The van der Waals surface area contributed by atoms with Crippen LogP contribution in [0.25, 0.3) is 0 Å². The van der Waals surface area contributed by atoms with Crippen molar-refractivity contribution < 1.29 is 27.1 Å². The highest BCUT2D eigenvalue weighted by atomic mass is 32.2. The van der Waals surface area contributed by atoms with Gasteiger partial charge in [0.2, 0.25) is 0 Å². The number of sulfonamides is 1. The van der Waals surface area contributed by atoms with Gasteiger partial charge in [0, 0.05) is 32.2 Å². The number of aromatic hydroxyl groups is 1. The molecule has 4 rings (SSSR count). The lowest BCUT2D eigenvalue weighted by atomic mass is 10.0. The van der Waals surface area contributed by atoms with Crippen LogP contribution in [-0.2, 0) is 10.0 Å². The second kappa shape index (κ2) is 10.0. The highest BCUT2D eigenvalue weighted by Crippen LogP contribution is 2.30. The molecule has 187 valence electrons. The number of guanidine groups is 1. The number of nitrogens with zero attached hydrogens (tertiary/aromatic N) is 2. The van der Waals surface area contributed by atoms with Crippen LogP contribution < -0.4 is 26.0 Å². The van der Waals surface area contributed by atoms with Crippen LogP contribution >= 0.6 is 0 Å². The van der Waals surface area contributed by atoms with E-state index in [2.05, 4.69) is 20.9 Å². The molecule has 10 nitrogen and oxygen atoms in total. The van der Waals surface area contributed by atoms with Gasteiger partial charge in [-0.3, -0.25) is 9.79 Å². The number of hydrogen-bond donors (Lipinski definition) is 4. The van der Waals surface area contributed by atoms with Gasteiger partial charge in [0.1, 0.15) is 5.75 Å². The number of amides is 1. The van der Waals surface area contributed by atoms with E-state index in [1.54, 1.807) is 4.90 Å². The maximum absolute atomic E-state index is 14.9. The fourth-order valence-electron chi connectivity index (χ4n) is 4.02. The summed E-state index contributed by atoms with van der Waals surface area (Å²) in [6, 6.07) is 5.44. The summed E-state index contributed by atoms with van der Waals surface area (Å²) < 4.78 is 52.6. The summed E-state index contributed by atoms with van der Waals surface area (Å²) in [6.45, 7) is 2.60. The van der Waals surface area contributed by atoms with Gasteiger partial charge in [-0.2, -0.15) is 0 Å². The third-order valence-corrected chi connectivity index (χ3v) is 6.78. The van der Waals surface area contributed by atoms with Gasteiger partial charge in [-0.05, 0) is 49.6 Å². The van der Waals surface area contributed by atoms with Gasteiger partial charge in [-0.1, -0.05) is 0 Å². The average molecular weight is 508 g/mol. The lowest BCUT2D eigenvalue weighted by Gasteiger charge is -2.35. The fourth-order valence-corrected chi connectivity index (χ4v) is 4.54. The molecule has 0 unspecified atom stereocenters. The molecule has 0 aliphatic carbocycles. The van der Waals surface area contributed by atoms with Crippen molar-refractivity contribution >= 4 is 33.3 Å². The van der Waals surface area contributed by atoms with Crippen LogP contribution in [-0.4, -0.2) is 57.6 Å². The first kappa shape index (κ1) is 24.7. The number of phenolic OH excluding ortho intramolecular Hbond substituents is 1. The van der Waals surface area contributed by atoms with E-state index in [9.17, 15) is 27.1 Å². The SMILES string of the molecule is [NH]S(=O)(=O)c1ccc(O)c(NC(=O)c2ccc(N3CCC(NC4=NCCCN4)CC3)c(F)c2F)c1. The molecule has 0 aromatic heterocycles. The maximum Gasteiger partial charge on any atom is 0.258 e. The summed E-state index contributed by atoms with van der Waals surface area (Å²) in [4.78, 5) is 18.2. The molecule has 2 heterocycles. The Morgan fingerprint density at radius 2 is 1.91 bits per heavy atom. The van der Waals surface area contributed by atoms with E-state index in [4.69, 9.17) is 5.14 Å². The number of aliphatic imine (C=N–C) groups is 1. The molecule has 2 aliphatic heterocycles. The smallest absolute Gasteiger partial charge is 0.258 e. The molecule has 2 aromatic carbocycles. The summed E-state index contributed by atoms with van der Waals surface area (Å²) >= 11 is 0. The van der Waals surface area contributed by atoms with Crippen molar-refractivity contribution in [3.8, 4) is 5.75 Å². The Labute approximate surface area is 201 Å². The summed E-state index contributed by atoms with van der Waals surface area (Å²) in [5.74, 6) is -3.33. The molecule has 1 amide bonds. The second-order valence-electron chi connectivity index (χ2n) is 8.31. The van der Waals surface area contributed by atoms with Crippen molar-refractivity contribution in [1.82, 2.24) is 15.8 Å². The Bertz CT molecular complexity index is 1260. The van der Waals surface area contributed by atoms with E-state index in [1.807, 2.05) is 0 Å². The van der Waals surface area contributed by atoms with Crippen LogP contribution in [0.3, 0.4) is 0 Å². The summed E-state index contributed by atoms with van der Waals surface area (Å²) in [6.07, 6.45) is 2.38. The van der Waals surface area contributed by atoms with Gasteiger partial charge in [0.25, 0.3) is 15.9 Å². The molecule has 0 saturated carbocycles. The molecule has 0 spiro atoms. The predicted octanol–water partition coefficient (Wildman–Crippen LogP) is 1.80. The van der Waals surface area contributed by atoms with Crippen molar-refractivity contribution in [2.45, 2.75) is 30.2 Å². The second-order valence-corrected chi connectivity index (χ2v) is 9.79. The van der Waals surface area contributed by atoms with Gasteiger partial charge in [0.05, 0.1) is 21.8 Å². The average Bonchev–Trinajstić information content (AvgIpc) is 2.83. The number of piperidine rings is 1. The molecule has 1 saturated heterocycles. The molecule has 2 aromatic rings. The number of phenols is 1. The third-order valence-electron chi connectivity index (χ3n) is 5.91. The van der Waals surface area contributed by atoms with Crippen molar-refractivity contribution in [3.63, 3.8) is 0 Å². The lowest BCUT2D eigenvalue weighted by molar-refractivity contribution is 0.102. The van der Waals surface area contributed by atoms with E-state index in [1.165, 1.54) is 6.07 Å². The first-order valence-electron chi connectivity index (χ1n) is 11.1. The number of hydrogen-bond acceptors (Lipinski definition) is 8. The van der Waals surface area contributed by atoms with Gasteiger partial charge in [-0.25, -0.2) is 17.2 Å². The molecule has 1 fully saturated rings. The van der Waals surface area contributed by atoms with E-state index >= 15 is 0 Å². The minimum Gasteiger partial charge on any atom is -0.506 e. The number of carbonyl (C=O) groups excluding carboxylic acids is 1. The van der Waals surface area contributed by atoms with Crippen LogP contribution in [0.2, 0.25) is 0 Å².